The normalized spacial score (nSPS) is 11.0. The zero-order chi connectivity index (χ0) is 9.42. The fraction of sp³-hybridized carbons (Fsp3) is 0.273. The molecule has 0 fully saturated rings. The van der Waals surface area contributed by atoms with Crippen LogP contribution in [0.15, 0.2) is 18.2 Å². The number of halogens is 1. The SMILES string of the molecule is Cc1cc2cc(CCl)c(C)cc2s1. The lowest BCUT2D eigenvalue weighted by Crippen LogP contribution is -1.82. The predicted molar refractivity (Wildman–Crippen MR) is 60.9 cm³/mol. The molecule has 2 heteroatoms. The Balaban J connectivity index is 2.72. The Morgan fingerprint density at radius 3 is 2.69 bits per heavy atom. The molecule has 68 valence electrons. The van der Waals surface area contributed by atoms with Crippen molar-refractivity contribution in [1.82, 2.24) is 0 Å². The molecule has 0 aliphatic heterocycles. The summed E-state index contributed by atoms with van der Waals surface area (Å²) in [5, 5.41) is 1.32. The molecule has 0 aliphatic rings. The van der Waals surface area contributed by atoms with E-state index in [1.165, 1.54) is 26.1 Å². The third kappa shape index (κ3) is 1.59. The zero-order valence-corrected chi connectivity index (χ0v) is 9.30. The summed E-state index contributed by atoms with van der Waals surface area (Å²) in [4.78, 5) is 1.36. The van der Waals surface area contributed by atoms with E-state index in [0.29, 0.717) is 5.88 Å². The third-order valence-corrected chi connectivity index (χ3v) is 3.54. The van der Waals surface area contributed by atoms with E-state index < -0.39 is 0 Å². The Bertz CT molecular complexity index is 443. The number of thiophene rings is 1. The molecular formula is C11H11ClS. The minimum atomic E-state index is 0.608. The largest absolute Gasteiger partial charge is 0.141 e. The Kier molecular flexibility index (Phi) is 2.31. The minimum absolute atomic E-state index is 0.608. The summed E-state index contributed by atoms with van der Waals surface area (Å²) in [6.07, 6.45) is 0. The number of alkyl halides is 1. The van der Waals surface area contributed by atoms with Crippen LogP contribution in [0.25, 0.3) is 10.1 Å². The second-order valence-electron chi connectivity index (χ2n) is 3.31. The molecule has 0 unspecified atom stereocenters. The van der Waals surface area contributed by atoms with Crippen LogP contribution in [-0.4, -0.2) is 0 Å². The summed E-state index contributed by atoms with van der Waals surface area (Å²) >= 11 is 7.69. The first-order valence-electron chi connectivity index (χ1n) is 4.26. The van der Waals surface area contributed by atoms with Gasteiger partial charge in [0.15, 0.2) is 0 Å². The molecule has 13 heavy (non-hydrogen) atoms. The van der Waals surface area contributed by atoms with Gasteiger partial charge in [-0.15, -0.1) is 22.9 Å². The van der Waals surface area contributed by atoms with Crippen molar-refractivity contribution in [1.29, 1.82) is 0 Å². The maximum Gasteiger partial charge on any atom is 0.0476 e. The monoisotopic (exact) mass is 210 g/mol. The van der Waals surface area contributed by atoms with Crippen LogP contribution in [0.1, 0.15) is 16.0 Å². The molecule has 0 nitrogen and oxygen atoms in total. The van der Waals surface area contributed by atoms with Crippen molar-refractivity contribution in [2.24, 2.45) is 0 Å². The van der Waals surface area contributed by atoms with E-state index in [1.807, 2.05) is 11.3 Å². The number of aryl methyl sites for hydroxylation is 2. The molecule has 2 aromatic rings. The molecule has 0 bridgehead atoms. The minimum Gasteiger partial charge on any atom is -0.141 e. The second-order valence-corrected chi connectivity index (χ2v) is 4.86. The molecule has 0 saturated carbocycles. The van der Waals surface area contributed by atoms with E-state index in [1.54, 1.807) is 0 Å². The topological polar surface area (TPSA) is 0 Å². The number of hydrogen-bond donors (Lipinski definition) is 0. The van der Waals surface area contributed by atoms with E-state index >= 15 is 0 Å². The Morgan fingerprint density at radius 1 is 1.23 bits per heavy atom. The van der Waals surface area contributed by atoms with Crippen LogP contribution in [0.2, 0.25) is 0 Å². The summed E-state index contributed by atoms with van der Waals surface area (Å²) in [6, 6.07) is 6.64. The van der Waals surface area contributed by atoms with Gasteiger partial charge in [0, 0.05) is 15.5 Å². The summed E-state index contributed by atoms with van der Waals surface area (Å²) in [7, 11) is 0. The van der Waals surface area contributed by atoms with E-state index in [9.17, 15) is 0 Å². The molecule has 0 radical (unpaired) electrons. The summed E-state index contributed by atoms with van der Waals surface area (Å²) < 4.78 is 1.36. The van der Waals surface area contributed by atoms with Crippen LogP contribution in [0, 0.1) is 13.8 Å². The van der Waals surface area contributed by atoms with Crippen LogP contribution in [0.3, 0.4) is 0 Å². The van der Waals surface area contributed by atoms with Gasteiger partial charge in [-0.05, 0) is 48.6 Å². The lowest BCUT2D eigenvalue weighted by molar-refractivity contribution is 1.32. The summed E-state index contributed by atoms with van der Waals surface area (Å²) in [6.45, 7) is 4.26. The molecule has 1 aromatic carbocycles. The molecule has 0 saturated heterocycles. The number of fused-ring (bicyclic) bond motifs is 1. The van der Waals surface area contributed by atoms with Crippen molar-refractivity contribution >= 4 is 33.0 Å². The highest BCUT2D eigenvalue weighted by Crippen LogP contribution is 2.28. The van der Waals surface area contributed by atoms with E-state index in [4.69, 9.17) is 11.6 Å². The first-order chi connectivity index (χ1) is 6.20. The molecule has 2 rings (SSSR count). The van der Waals surface area contributed by atoms with Crippen LogP contribution in [0.5, 0.6) is 0 Å². The maximum absolute atomic E-state index is 5.84. The average molecular weight is 211 g/mol. The van der Waals surface area contributed by atoms with Gasteiger partial charge in [-0.1, -0.05) is 0 Å². The molecule has 0 aliphatic carbocycles. The van der Waals surface area contributed by atoms with E-state index in [-0.39, 0.29) is 0 Å². The standard InChI is InChI=1S/C11H11ClS/c1-7-3-11-9(4-8(2)13-11)5-10(7)6-12/h3-5H,6H2,1-2H3. The Morgan fingerprint density at radius 2 is 2.00 bits per heavy atom. The lowest BCUT2D eigenvalue weighted by atomic mass is 10.1. The first-order valence-corrected chi connectivity index (χ1v) is 5.61. The summed E-state index contributed by atoms with van der Waals surface area (Å²) in [5.41, 5.74) is 2.54. The number of rotatable bonds is 1. The molecule has 0 amide bonds. The lowest BCUT2D eigenvalue weighted by Gasteiger charge is -2.00. The zero-order valence-electron chi connectivity index (χ0n) is 7.73. The van der Waals surface area contributed by atoms with Gasteiger partial charge in [0.2, 0.25) is 0 Å². The number of benzene rings is 1. The Labute approximate surface area is 87.2 Å². The van der Waals surface area contributed by atoms with Crippen LogP contribution >= 0.6 is 22.9 Å². The van der Waals surface area contributed by atoms with Crippen molar-refractivity contribution in [2.45, 2.75) is 19.7 Å². The van der Waals surface area contributed by atoms with E-state index in [2.05, 4.69) is 32.0 Å². The second kappa shape index (κ2) is 3.32. The van der Waals surface area contributed by atoms with Crippen molar-refractivity contribution in [2.75, 3.05) is 0 Å². The highest BCUT2D eigenvalue weighted by molar-refractivity contribution is 7.19. The molecule has 0 spiro atoms. The van der Waals surface area contributed by atoms with Gasteiger partial charge < -0.3 is 0 Å². The van der Waals surface area contributed by atoms with Crippen LogP contribution in [0.4, 0.5) is 0 Å². The molecule has 0 atom stereocenters. The highest BCUT2D eigenvalue weighted by Gasteiger charge is 2.02. The van der Waals surface area contributed by atoms with Crippen molar-refractivity contribution in [3.05, 3.63) is 34.2 Å². The van der Waals surface area contributed by atoms with Gasteiger partial charge in [0.1, 0.15) is 0 Å². The van der Waals surface area contributed by atoms with Gasteiger partial charge >= 0.3 is 0 Å². The third-order valence-electron chi connectivity index (χ3n) is 2.24. The quantitative estimate of drug-likeness (QED) is 0.618. The molecule has 1 aromatic heterocycles. The van der Waals surface area contributed by atoms with Gasteiger partial charge in [0.25, 0.3) is 0 Å². The van der Waals surface area contributed by atoms with Crippen LogP contribution in [-0.2, 0) is 5.88 Å². The van der Waals surface area contributed by atoms with Crippen molar-refractivity contribution < 1.29 is 0 Å². The smallest absolute Gasteiger partial charge is 0.0476 e. The average Bonchev–Trinajstić information content (AvgIpc) is 2.42. The van der Waals surface area contributed by atoms with Crippen molar-refractivity contribution in [3.8, 4) is 0 Å². The fourth-order valence-corrected chi connectivity index (χ4v) is 2.80. The van der Waals surface area contributed by atoms with Gasteiger partial charge in [0.05, 0.1) is 0 Å². The first kappa shape index (κ1) is 9.04. The molecular weight excluding hydrogens is 200 g/mol. The predicted octanol–water partition coefficient (Wildman–Crippen LogP) is 4.26. The van der Waals surface area contributed by atoms with Gasteiger partial charge in [-0.3, -0.25) is 0 Å². The van der Waals surface area contributed by atoms with Crippen LogP contribution < -0.4 is 0 Å². The Hall–Kier alpha value is -0.530. The highest BCUT2D eigenvalue weighted by atomic mass is 35.5. The van der Waals surface area contributed by atoms with Gasteiger partial charge in [-0.25, -0.2) is 0 Å². The molecule has 0 N–H and O–H groups in total. The van der Waals surface area contributed by atoms with Crippen molar-refractivity contribution in [3.63, 3.8) is 0 Å². The maximum atomic E-state index is 5.84. The number of hydrogen-bond acceptors (Lipinski definition) is 1. The van der Waals surface area contributed by atoms with Gasteiger partial charge in [-0.2, -0.15) is 0 Å². The fourth-order valence-electron chi connectivity index (χ4n) is 1.51. The summed E-state index contributed by atoms with van der Waals surface area (Å²) in [5.74, 6) is 0.608. The molecule has 1 heterocycles. The van der Waals surface area contributed by atoms with E-state index in [0.717, 1.165) is 0 Å².